The van der Waals surface area contributed by atoms with Crippen molar-refractivity contribution in [2.24, 2.45) is 17.3 Å². The first-order valence-corrected chi connectivity index (χ1v) is 24.2. The Kier molecular flexibility index (Phi) is 14.0. The minimum Gasteiger partial charge on any atom is -0.508 e. The number of esters is 1. The van der Waals surface area contributed by atoms with Crippen molar-refractivity contribution < 1.29 is 38.6 Å². The van der Waals surface area contributed by atoms with Crippen LogP contribution in [-0.4, -0.2) is 130 Å². The van der Waals surface area contributed by atoms with Crippen molar-refractivity contribution in [2.45, 2.75) is 123 Å². The standard InChI is InChI=1S/C52H68N8O8/c1-10-59-41-18-17-33-25-37(41)38(47(59)36-13-11-19-53-43(36)30(4)67-9)26-52(5,6)28-68-51(66)39-14-12-20-60(56-39)49(64)40(23-31-21-34(33)24-35(61)22-31)54-48(63)46(29(2)3)58(8)42(62)27-57(7)50(65)45-44(55-45)32-15-16-32/h11,13,17-19,21-22,24-25,29-30,32,39-40,44-46,55-56,61H,10,12,14-16,20,23,26-28H2,1-9H3,(H,54,63)/t30-,39-,40-,44+,45+,46?/m0/s1. The minimum absolute atomic E-state index is 0.0148. The summed E-state index contributed by atoms with van der Waals surface area (Å²) in [6.45, 7) is 12.7. The van der Waals surface area contributed by atoms with Crippen LogP contribution in [-0.2, 0) is 52.8 Å². The summed E-state index contributed by atoms with van der Waals surface area (Å²) >= 11 is 0. The fourth-order valence-corrected chi connectivity index (χ4v) is 10.3. The molecule has 1 unspecified atom stereocenters. The number of phenols is 1. The van der Waals surface area contributed by atoms with Crippen LogP contribution in [0.1, 0.15) is 90.2 Å². The average Bonchev–Trinajstić information content (AvgIpc) is 4.26. The second-order valence-corrected chi connectivity index (χ2v) is 20.4. The number of nitrogens with one attached hydrogen (secondary N) is 3. The third-order valence-electron chi connectivity index (χ3n) is 14.2. The molecule has 1 aliphatic carbocycles. The maximum absolute atomic E-state index is 14.7. The molecule has 4 aliphatic rings. The predicted molar refractivity (Wildman–Crippen MR) is 258 cm³/mol. The van der Waals surface area contributed by atoms with E-state index in [0.29, 0.717) is 42.9 Å². The van der Waals surface area contributed by atoms with Crippen molar-refractivity contribution in [3.05, 3.63) is 71.5 Å². The zero-order valence-electron chi connectivity index (χ0n) is 40.9. The molecule has 3 fully saturated rings. The highest BCUT2D eigenvalue weighted by Crippen LogP contribution is 2.43. The first-order chi connectivity index (χ1) is 32.4. The summed E-state index contributed by atoms with van der Waals surface area (Å²) in [4.78, 5) is 77.7. The number of carbonyl (C=O) groups excluding carboxylic acids is 5. The van der Waals surface area contributed by atoms with Gasteiger partial charge in [0.15, 0.2) is 0 Å². The number of hydrogen-bond acceptors (Lipinski definition) is 11. The normalized spacial score (nSPS) is 22.5. The number of fused-ring (bicyclic) bond motifs is 6. The van der Waals surface area contributed by atoms with Crippen molar-refractivity contribution in [1.29, 1.82) is 0 Å². The number of rotatable bonds is 12. The quantitative estimate of drug-likeness (QED) is 0.108. The topological polar surface area (TPSA) is 198 Å². The lowest BCUT2D eigenvalue weighted by atomic mass is 9.84. The van der Waals surface area contributed by atoms with Crippen LogP contribution in [0.5, 0.6) is 5.75 Å². The summed E-state index contributed by atoms with van der Waals surface area (Å²) in [6.07, 6.45) is 5.15. The molecule has 1 saturated carbocycles. The van der Waals surface area contributed by atoms with Gasteiger partial charge in [-0.2, -0.15) is 0 Å². The van der Waals surface area contributed by atoms with Crippen LogP contribution in [0.25, 0.3) is 33.3 Å². The highest BCUT2D eigenvalue weighted by atomic mass is 16.5. The number of pyridine rings is 1. The van der Waals surface area contributed by atoms with Gasteiger partial charge in [0, 0.05) is 74.8 Å². The van der Waals surface area contributed by atoms with Crippen LogP contribution in [0.3, 0.4) is 0 Å². The van der Waals surface area contributed by atoms with Crippen molar-refractivity contribution in [2.75, 3.05) is 40.9 Å². The molecule has 68 heavy (non-hydrogen) atoms. The lowest BCUT2D eigenvalue weighted by molar-refractivity contribution is -0.155. The fourth-order valence-electron chi connectivity index (χ4n) is 10.3. The molecule has 364 valence electrons. The van der Waals surface area contributed by atoms with Gasteiger partial charge in [-0.3, -0.25) is 39.3 Å². The van der Waals surface area contributed by atoms with Gasteiger partial charge in [-0.25, -0.2) is 5.43 Å². The molecule has 2 aromatic carbocycles. The van der Waals surface area contributed by atoms with E-state index in [2.05, 4.69) is 59.6 Å². The van der Waals surface area contributed by atoms with Crippen LogP contribution >= 0.6 is 0 Å². The number of methoxy groups -OCH3 is 1. The summed E-state index contributed by atoms with van der Waals surface area (Å²) < 4.78 is 14.2. The Morgan fingerprint density at radius 1 is 1.04 bits per heavy atom. The first-order valence-electron chi connectivity index (χ1n) is 24.2. The molecule has 5 heterocycles. The van der Waals surface area contributed by atoms with E-state index >= 15 is 0 Å². The Morgan fingerprint density at radius 2 is 1.81 bits per heavy atom. The van der Waals surface area contributed by atoms with E-state index in [1.807, 2.05) is 39.0 Å². The van der Waals surface area contributed by atoms with Gasteiger partial charge < -0.3 is 34.3 Å². The van der Waals surface area contributed by atoms with Crippen LogP contribution < -0.4 is 16.1 Å². The smallest absolute Gasteiger partial charge is 0.324 e. The average molecular weight is 933 g/mol. The number of aromatic hydroxyl groups is 1. The molecule has 16 nitrogen and oxygen atoms in total. The number of hydrogen-bond donors (Lipinski definition) is 4. The second-order valence-electron chi connectivity index (χ2n) is 20.4. The summed E-state index contributed by atoms with van der Waals surface area (Å²) in [7, 11) is 4.81. The first kappa shape index (κ1) is 48.6. The molecule has 6 bridgehead atoms. The summed E-state index contributed by atoms with van der Waals surface area (Å²) in [5.74, 6) is -1.96. The monoisotopic (exact) mass is 933 g/mol. The van der Waals surface area contributed by atoms with Gasteiger partial charge in [0.25, 0.3) is 5.91 Å². The van der Waals surface area contributed by atoms with E-state index in [0.717, 1.165) is 51.8 Å². The number of cyclic esters (lactones) is 1. The number of phenolic OH excluding ortho intramolecular Hbond substituents is 1. The van der Waals surface area contributed by atoms with Crippen molar-refractivity contribution >= 4 is 40.5 Å². The van der Waals surface area contributed by atoms with Crippen LogP contribution in [0.4, 0.5) is 0 Å². The Bertz CT molecular complexity index is 2590. The maximum atomic E-state index is 14.7. The van der Waals surface area contributed by atoms with Gasteiger partial charge in [-0.1, -0.05) is 39.8 Å². The van der Waals surface area contributed by atoms with E-state index in [-0.39, 0.29) is 61.9 Å². The molecular weight excluding hydrogens is 865 g/mol. The van der Waals surface area contributed by atoms with Crippen LogP contribution in [0.2, 0.25) is 0 Å². The molecule has 6 atom stereocenters. The predicted octanol–water partition coefficient (Wildman–Crippen LogP) is 5.14. The van der Waals surface area contributed by atoms with E-state index < -0.39 is 47.2 Å². The lowest BCUT2D eigenvalue weighted by Crippen LogP contribution is -2.62. The number of aryl methyl sites for hydroxylation is 1. The Hall–Kier alpha value is -5.84. The number of benzene rings is 2. The van der Waals surface area contributed by atoms with Gasteiger partial charge in [0.2, 0.25) is 17.7 Å². The third kappa shape index (κ3) is 10.1. The zero-order chi connectivity index (χ0) is 48.8. The fraction of sp³-hybridized carbons (Fsp3) is 0.538. The molecule has 2 aromatic heterocycles. The SMILES string of the molecule is CCn1c(-c2cccnc2[C@H](C)OC)c2c3cc(ccc31)-c1cc(O)cc(c1)C[C@H](NC(=O)C(C(C)C)N(C)C(=O)CN(C)C(=O)[C@@H]1N[C@@H]1C1CC1)C(=O)N1CCC[C@H](N1)C(=O)OCC(C)(C)C2. The number of aromatic nitrogens is 2. The molecule has 0 radical (unpaired) electrons. The Balaban J connectivity index is 1.16. The molecule has 0 spiro atoms. The van der Waals surface area contributed by atoms with Crippen molar-refractivity contribution in [3.8, 4) is 28.1 Å². The zero-order valence-corrected chi connectivity index (χ0v) is 40.9. The molecule has 2 saturated heterocycles. The van der Waals surface area contributed by atoms with E-state index in [1.54, 1.807) is 39.5 Å². The van der Waals surface area contributed by atoms with Gasteiger partial charge in [-0.15, -0.1) is 0 Å². The summed E-state index contributed by atoms with van der Waals surface area (Å²) in [5.41, 5.74) is 9.52. The lowest BCUT2D eigenvalue weighted by Gasteiger charge is -2.37. The van der Waals surface area contributed by atoms with Crippen LogP contribution in [0, 0.1) is 17.3 Å². The molecule has 16 heteroatoms. The third-order valence-corrected chi connectivity index (χ3v) is 14.2. The largest absolute Gasteiger partial charge is 0.508 e. The molecular formula is C52H68N8O8. The van der Waals surface area contributed by atoms with Crippen molar-refractivity contribution in [3.63, 3.8) is 0 Å². The molecule has 4 aromatic rings. The minimum atomic E-state index is -1.18. The molecule has 8 rings (SSSR count). The number of ether oxygens (including phenoxy) is 2. The Labute approximate surface area is 399 Å². The van der Waals surface area contributed by atoms with Crippen molar-refractivity contribution in [1.82, 2.24) is 40.4 Å². The number of amides is 4. The molecule has 4 N–H and O–H groups in total. The van der Waals surface area contributed by atoms with Crippen LogP contribution in [0.15, 0.2) is 54.7 Å². The maximum Gasteiger partial charge on any atom is 0.324 e. The summed E-state index contributed by atoms with van der Waals surface area (Å²) in [5, 5.41) is 20.0. The second kappa shape index (κ2) is 19.6. The highest BCUT2D eigenvalue weighted by Gasteiger charge is 2.52. The number of hydrazine groups is 1. The van der Waals surface area contributed by atoms with E-state index in [9.17, 15) is 29.1 Å². The molecule has 3 aliphatic heterocycles. The summed E-state index contributed by atoms with van der Waals surface area (Å²) in [6, 6.07) is 12.3. The number of likely N-dealkylation sites (N-methyl/N-ethyl adjacent to an activating group) is 2. The highest BCUT2D eigenvalue weighted by molar-refractivity contribution is 5.96. The Morgan fingerprint density at radius 3 is 2.51 bits per heavy atom. The van der Waals surface area contributed by atoms with E-state index in [4.69, 9.17) is 14.5 Å². The van der Waals surface area contributed by atoms with Gasteiger partial charge >= 0.3 is 5.97 Å². The van der Waals surface area contributed by atoms with Gasteiger partial charge in [0.05, 0.1) is 30.6 Å². The van der Waals surface area contributed by atoms with Gasteiger partial charge in [-0.05, 0) is 116 Å². The number of carbonyl (C=O) groups is 5. The van der Waals surface area contributed by atoms with E-state index in [1.165, 1.54) is 14.8 Å². The molecule has 4 amide bonds. The van der Waals surface area contributed by atoms with Gasteiger partial charge in [0.1, 0.15) is 29.9 Å². The number of nitrogens with zero attached hydrogens (tertiary/aromatic N) is 5.